The Bertz CT molecular complexity index is 198. The van der Waals surface area contributed by atoms with Crippen molar-refractivity contribution in [2.75, 3.05) is 0 Å². The van der Waals surface area contributed by atoms with Gasteiger partial charge < -0.3 is 5.73 Å². The molecule has 0 aliphatic heterocycles. The van der Waals surface area contributed by atoms with Crippen LogP contribution < -0.4 is 5.73 Å². The van der Waals surface area contributed by atoms with Gasteiger partial charge >= 0.3 is 0 Å². The largest absolute Gasteiger partial charge is 0.364 e. The summed E-state index contributed by atoms with van der Waals surface area (Å²) >= 11 is 1.33. The summed E-state index contributed by atoms with van der Waals surface area (Å²) in [6, 6.07) is 0. The first-order valence-electron chi connectivity index (χ1n) is 2.45. The number of thiazole rings is 1. The molecule has 0 saturated carbocycles. The van der Waals surface area contributed by atoms with Gasteiger partial charge in [-0.15, -0.1) is 11.3 Å². The highest BCUT2D eigenvalue weighted by Gasteiger charge is 1.98. The lowest BCUT2D eigenvalue weighted by Crippen LogP contribution is -2.10. The molecule has 0 aliphatic carbocycles. The minimum Gasteiger partial charge on any atom is -0.364 e. The molecule has 1 aromatic rings. The van der Waals surface area contributed by atoms with Crippen LogP contribution >= 0.6 is 11.3 Å². The second-order valence-corrected chi connectivity index (χ2v) is 1.92. The zero-order valence-corrected chi connectivity index (χ0v) is 4.73. The van der Waals surface area contributed by atoms with Crippen molar-refractivity contribution in [3.63, 3.8) is 0 Å². The van der Waals surface area contributed by atoms with Crippen LogP contribution in [0.4, 0.5) is 0 Å². The van der Waals surface area contributed by atoms with Crippen LogP contribution in [0.25, 0.3) is 0 Å². The Kier molecular flexibility index (Phi) is 0.964. The predicted molar refractivity (Wildman–Crippen MR) is 30.6 cm³/mol. The summed E-state index contributed by atoms with van der Waals surface area (Å²) in [6.07, 6.45) is 0. The predicted octanol–water partition coefficient (Wildman–Crippen LogP) is 0.242. The number of nitrogens with zero attached hydrogens (tertiary/aromatic N) is 1. The van der Waals surface area contributed by atoms with E-state index in [1.165, 1.54) is 11.3 Å². The first-order valence-corrected chi connectivity index (χ1v) is 2.89. The van der Waals surface area contributed by atoms with E-state index in [9.17, 15) is 4.79 Å². The van der Waals surface area contributed by atoms with Crippen LogP contribution in [0.1, 0.15) is 10.5 Å². The van der Waals surface area contributed by atoms with Crippen LogP contribution in [0.2, 0.25) is 1.41 Å². The van der Waals surface area contributed by atoms with Crippen LogP contribution in [0.3, 0.4) is 0 Å². The molecule has 0 atom stereocenters. The highest BCUT2D eigenvalue weighted by Crippen LogP contribution is 1.97. The molecule has 0 aliphatic rings. The van der Waals surface area contributed by atoms with Gasteiger partial charge in [0.05, 0.1) is 5.51 Å². The monoisotopic (exact) mass is 129 g/mol. The third kappa shape index (κ3) is 0.840. The number of amides is 1. The Hall–Kier alpha value is -0.900. The first-order chi connectivity index (χ1) is 4.34. The summed E-state index contributed by atoms with van der Waals surface area (Å²) in [5.41, 5.74) is 3.57. The minimum atomic E-state index is -0.462. The van der Waals surface area contributed by atoms with Crippen LogP contribution in [-0.4, -0.2) is 10.9 Å². The summed E-state index contributed by atoms with van der Waals surface area (Å²) in [5, 5.41) is 1.59. The van der Waals surface area contributed by atoms with Crippen molar-refractivity contribution in [2.45, 2.75) is 0 Å². The quantitative estimate of drug-likeness (QED) is 0.590. The van der Waals surface area contributed by atoms with Crippen molar-refractivity contribution in [3.05, 3.63) is 16.6 Å². The lowest BCUT2D eigenvalue weighted by atomic mass is 10.5. The van der Waals surface area contributed by atoms with Gasteiger partial charge in [0.2, 0.25) is 0 Å². The molecule has 0 radical (unpaired) electrons. The number of primary amides is 1. The molecule has 4 heteroatoms. The topological polar surface area (TPSA) is 56.0 Å². The smallest absolute Gasteiger partial charge is 0.268 e. The summed E-state index contributed by atoms with van der Waals surface area (Å²) < 4.78 is 6.45. The molecule has 1 rings (SSSR count). The van der Waals surface area contributed by atoms with Crippen LogP contribution in [0.5, 0.6) is 0 Å². The van der Waals surface area contributed by atoms with Crippen molar-refractivity contribution in [3.8, 4) is 0 Å². The van der Waals surface area contributed by atoms with E-state index in [1.807, 2.05) is 0 Å². The van der Waals surface area contributed by atoms with Crippen LogP contribution in [0, 0.1) is 0 Å². The third-order valence-corrected chi connectivity index (χ3v) is 1.25. The molecule has 42 valence electrons. The minimum absolute atomic E-state index is 0.301. The molecule has 0 spiro atoms. The van der Waals surface area contributed by atoms with Gasteiger partial charge in [0, 0.05) is 5.38 Å². The van der Waals surface area contributed by atoms with E-state index in [4.69, 9.17) is 1.41 Å². The van der Waals surface area contributed by atoms with Crippen molar-refractivity contribution in [2.24, 2.45) is 5.73 Å². The highest BCUT2D eigenvalue weighted by molar-refractivity contribution is 7.07. The number of hydrogen-bond donors (Lipinski definition) is 1. The maximum absolute atomic E-state index is 10.5. The first kappa shape index (κ1) is 4.03. The average molecular weight is 129 g/mol. The fourth-order valence-electron chi connectivity index (χ4n) is 0.325. The van der Waals surface area contributed by atoms with E-state index in [0.717, 1.165) is 0 Å². The molecular formula is C4H4N2OS. The van der Waals surface area contributed by atoms with Gasteiger partial charge in [-0.25, -0.2) is 4.98 Å². The molecule has 1 amide bonds. The highest BCUT2D eigenvalue weighted by atomic mass is 32.1. The Labute approximate surface area is 51.6 Å². The summed E-state index contributed by atoms with van der Waals surface area (Å²) in [6.45, 7) is 0. The van der Waals surface area contributed by atoms with Gasteiger partial charge in [-0.2, -0.15) is 0 Å². The van der Waals surface area contributed by atoms with E-state index in [-0.39, 0.29) is 0 Å². The molecule has 1 aromatic heterocycles. The molecular weight excluding hydrogens is 124 g/mol. The maximum atomic E-state index is 10.5. The zero-order valence-electron chi connectivity index (χ0n) is 4.92. The molecule has 0 bridgehead atoms. The SMILES string of the molecule is [2H]NC(=O)c1cscn1. The van der Waals surface area contributed by atoms with Gasteiger partial charge in [-0.3, -0.25) is 4.79 Å². The Morgan fingerprint density at radius 3 is 3.50 bits per heavy atom. The van der Waals surface area contributed by atoms with E-state index < -0.39 is 5.91 Å². The number of rotatable bonds is 1. The van der Waals surface area contributed by atoms with Crippen LogP contribution in [-0.2, 0) is 0 Å². The Morgan fingerprint density at radius 1 is 2.12 bits per heavy atom. The van der Waals surface area contributed by atoms with Gasteiger partial charge in [-0.05, 0) is 0 Å². The molecule has 0 aromatic carbocycles. The molecule has 0 fully saturated rings. The lowest BCUT2D eigenvalue weighted by molar-refractivity contribution is 0.0996. The van der Waals surface area contributed by atoms with Crippen molar-refractivity contribution in [1.29, 1.82) is 0 Å². The zero-order chi connectivity index (χ0) is 6.69. The fourth-order valence-corrected chi connectivity index (χ4v) is 0.857. The number of carbonyl (C=O) groups excluding carboxylic acids is 1. The van der Waals surface area contributed by atoms with Crippen molar-refractivity contribution in [1.82, 2.24) is 4.98 Å². The lowest BCUT2D eigenvalue weighted by Gasteiger charge is -1.79. The summed E-state index contributed by atoms with van der Waals surface area (Å²) in [4.78, 5) is 14.2. The van der Waals surface area contributed by atoms with Crippen molar-refractivity contribution < 1.29 is 6.21 Å². The molecule has 8 heavy (non-hydrogen) atoms. The number of nitrogens with two attached hydrogens (primary N) is 1. The fraction of sp³-hybridized carbons (Fsp3) is 0. The van der Waals surface area contributed by atoms with Crippen LogP contribution in [0.15, 0.2) is 10.9 Å². The molecule has 0 saturated heterocycles. The average Bonchev–Trinajstić information content (AvgIpc) is 2.37. The number of carbonyl (C=O) groups is 1. The number of hydrogen-bond acceptors (Lipinski definition) is 3. The summed E-state index contributed by atoms with van der Waals surface area (Å²) in [7, 11) is 0. The Morgan fingerprint density at radius 2 is 3.00 bits per heavy atom. The van der Waals surface area contributed by atoms with Gasteiger partial charge in [0.1, 0.15) is 5.69 Å². The van der Waals surface area contributed by atoms with E-state index >= 15 is 0 Å². The summed E-state index contributed by atoms with van der Waals surface area (Å²) in [5.74, 6) is -0.462. The second-order valence-electron chi connectivity index (χ2n) is 1.20. The van der Waals surface area contributed by atoms with E-state index in [2.05, 4.69) is 4.98 Å². The standard InChI is InChI=1S/C4H4N2OS/c5-4(7)3-1-8-2-6-3/h1-2H,(H2,5,7)/i/hD. The van der Waals surface area contributed by atoms with Gasteiger partial charge in [0.25, 0.3) is 5.91 Å². The Balaban J connectivity index is 2.77. The molecule has 2 N–H and O–H groups in total. The second kappa shape index (κ2) is 1.92. The molecule has 3 nitrogen and oxygen atoms in total. The number of aromatic nitrogens is 1. The molecule has 0 unspecified atom stereocenters. The molecule has 1 heterocycles. The van der Waals surface area contributed by atoms with Crippen molar-refractivity contribution >= 4 is 17.2 Å². The van der Waals surface area contributed by atoms with E-state index in [0.29, 0.717) is 5.69 Å². The van der Waals surface area contributed by atoms with E-state index in [1.54, 1.807) is 16.6 Å². The normalized spacial score (nSPS) is 10.2. The maximum Gasteiger partial charge on any atom is 0.268 e. The van der Waals surface area contributed by atoms with Gasteiger partial charge in [0.15, 0.2) is 1.41 Å². The third-order valence-electron chi connectivity index (χ3n) is 0.665. The van der Waals surface area contributed by atoms with Gasteiger partial charge in [-0.1, -0.05) is 0 Å².